The summed E-state index contributed by atoms with van der Waals surface area (Å²) in [4.78, 5) is 17.8. The Bertz CT molecular complexity index is 1300. The molecular weight excluding hydrogens is 414 g/mol. The fourth-order valence-corrected chi connectivity index (χ4v) is 5.52. The third-order valence-electron chi connectivity index (χ3n) is 5.70. The minimum Gasteiger partial charge on any atom is -0.490 e. The van der Waals surface area contributed by atoms with Gasteiger partial charge in [0.15, 0.2) is 0 Å². The van der Waals surface area contributed by atoms with E-state index in [0.29, 0.717) is 17.9 Å². The molecule has 4 rings (SSSR count). The van der Waals surface area contributed by atoms with Crippen molar-refractivity contribution >= 4 is 26.6 Å². The Balaban J connectivity index is 1.73. The molecule has 1 N–H and O–H groups in total. The molecule has 1 aliphatic rings. The van der Waals surface area contributed by atoms with Gasteiger partial charge in [0.05, 0.1) is 22.6 Å². The zero-order valence-corrected chi connectivity index (χ0v) is 19.0. The number of fused-ring (bicyclic) bond motifs is 2. The van der Waals surface area contributed by atoms with Crippen LogP contribution in [0.2, 0.25) is 0 Å². The van der Waals surface area contributed by atoms with Gasteiger partial charge in [-0.25, -0.2) is 8.42 Å². The molecule has 0 saturated heterocycles. The number of sulfonamides is 1. The molecule has 0 fully saturated rings. The number of likely N-dealkylation sites (N-methyl/N-ethyl adjacent to an activating group) is 1. The second-order valence-electron chi connectivity index (χ2n) is 8.21. The second-order valence-corrected chi connectivity index (χ2v) is 10.1. The normalized spacial score (nSPS) is 14.2. The number of hydrogen-bond acceptors (Lipinski definition) is 5. The van der Waals surface area contributed by atoms with E-state index in [2.05, 4.69) is 4.98 Å². The summed E-state index contributed by atoms with van der Waals surface area (Å²) in [6.07, 6.45) is 0. The Morgan fingerprint density at radius 3 is 2.71 bits per heavy atom. The summed E-state index contributed by atoms with van der Waals surface area (Å²) in [5.41, 5.74) is 2.73. The Hall–Kier alpha value is -2.84. The van der Waals surface area contributed by atoms with Gasteiger partial charge in [0.25, 0.3) is 5.56 Å². The number of nitrogens with one attached hydrogen (secondary N) is 1. The highest BCUT2D eigenvalue weighted by molar-refractivity contribution is 7.89. The summed E-state index contributed by atoms with van der Waals surface area (Å²) in [5, 5.41) is 0.876. The van der Waals surface area contributed by atoms with E-state index in [-0.39, 0.29) is 23.0 Å². The fraction of sp³-hybridized carbons (Fsp3) is 0.348. The van der Waals surface area contributed by atoms with Crippen LogP contribution in [0.1, 0.15) is 25.0 Å². The van der Waals surface area contributed by atoms with E-state index in [1.165, 1.54) is 4.31 Å². The highest BCUT2D eigenvalue weighted by Crippen LogP contribution is 2.34. The molecule has 31 heavy (non-hydrogen) atoms. The first kappa shape index (κ1) is 21.4. The lowest BCUT2D eigenvalue weighted by molar-refractivity contribution is 0.309. The summed E-state index contributed by atoms with van der Waals surface area (Å²) < 4.78 is 34.1. The van der Waals surface area contributed by atoms with E-state index in [4.69, 9.17) is 4.74 Å². The van der Waals surface area contributed by atoms with Crippen molar-refractivity contribution in [2.75, 3.05) is 25.1 Å². The molecule has 0 spiro atoms. The van der Waals surface area contributed by atoms with Gasteiger partial charge in [-0.2, -0.15) is 4.31 Å². The van der Waals surface area contributed by atoms with Gasteiger partial charge < -0.3 is 14.6 Å². The number of anilines is 1. The van der Waals surface area contributed by atoms with E-state index in [1.54, 1.807) is 38.1 Å². The molecular formula is C23H27N3O4S. The van der Waals surface area contributed by atoms with E-state index in [1.807, 2.05) is 37.1 Å². The van der Waals surface area contributed by atoms with Crippen LogP contribution < -0.4 is 15.2 Å². The van der Waals surface area contributed by atoms with Gasteiger partial charge in [0.1, 0.15) is 12.4 Å². The number of H-pyrrole nitrogens is 1. The summed E-state index contributed by atoms with van der Waals surface area (Å²) in [6.45, 7) is 6.78. The van der Waals surface area contributed by atoms with E-state index < -0.39 is 10.0 Å². The lowest BCUT2D eigenvalue weighted by Crippen LogP contribution is -2.38. The number of hydrogen-bond donors (Lipinski definition) is 1. The van der Waals surface area contributed by atoms with E-state index in [9.17, 15) is 13.2 Å². The average Bonchev–Trinajstić information content (AvgIpc) is 2.72. The Morgan fingerprint density at radius 1 is 1.19 bits per heavy atom. The number of aromatic amines is 1. The van der Waals surface area contributed by atoms with Crippen molar-refractivity contribution in [1.82, 2.24) is 9.29 Å². The molecule has 2 aromatic carbocycles. The minimum atomic E-state index is -3.85. The standard InChI is InChI=1S/C23H27N3O4S/c1-15(2)26(14-18-12-17-7-5-6-16(3)22(17)24-23(18)27)31(28,29)19-8-9-20-21(13-19)30-11-10-25(20)4/h5-9,12-13,15H,10-11,14H2,1-4H3,(H,24,27). The molecule has 1 aliphatic heterocycles. The smallest absolute Gasteiger partial charge is 0.252 e. The summed E-state index contributed by atoms with van der Waals surface area (Å²) in [5.74, 6) is 0.553. The molecule has 0 atom stereocenters. The largest absolute Gasteiger partial charge is 0.490 e. The molecule has 164 valence electrons. The highest BCUT2D eigenvalue weighted by Gasteiger charge is 2.30. The minimum absolute atomic E-state index is 0.0168. The van der Waals surface area contributed by atoms with Crippen LogP contribution in [0.15, 0.2) is 52.2 Å². The number of aryl methyl sites for hydroxylation is 1. The maximum atomic E-state index is 13.5. The number of para-hydroxylation sites is 1. The van der Waals surface area contributed by atoms with Gasteiger partial charge in [0, 0.05) is 31.3 Å². The molecule has 1 aromatic heterocycles. The molecule has 0 saturated carbocycles. The first-order valence-electron chi connectivity index (χ1n) is 10.3. The zero-order chi connectivity index (χ0) is 22.3. The lowest BCUT2D eigenvalue weighted by atomic mass is 10.1. The van der Waals surface area contributed by atoms with Crippen molar-refractivity contribution in [3.63, 3.8) is 0 Å². The van der Waals surface area contributed by atoms with Crippen molar-refractivity contribution in [3.8, 4) is 5.75 Å². The van der Waals surface area contributed by atoms with Gasteiger partial charge in [-0.1, -0.05) is 18.2 Å². The first-order valence-corrected chi connectivity index (χ1v) is 11.7. The SMILES string of the molecule is Cc1cccc2cc(CN(C(C)C)S(=O)(=O)c3ccc4c(c3)OCCN4C)c(=O)[nH]c12. The van der Waals surface area contributed by atoms with Crippen molar-refractivity contribution < 1.29 is 13.2 Å². The topological polar surface area (TPSA) is 82.7 Å². The molecule has 2 heterocycles. The van der Waals surface area contributed by atoms with Crippen LogP contribution in [-0.4, -0.2) is 43.9 Å². The number of benzene rings is 2. The molecule has 3 aromatic rings. The van der Waals surface area contributed by atoms with Crippen molar-refractivity contribution in [2.45, 2.75) is 38.3 Å². The number of aromatic nitrogens is 1. The van der Waals surface area contributed by atoms with Crippen LogP contribution in [0.3, 0.4) is 0 Å². The number of rotatable bonds is 5. The van der Waals surface area contributed by atoms with Gasteiger partial charge in [-0.15, -0.1) is 0 Å². The Labute approximate surface area is 182 Å². The van der Waals surface area contributed by atoms with Crippen LogP contribution in [-0.2, 0) is 16.6 Å². The highest BCUT2D eigenvalue weighted by atomic mass is 32.2. The second kappa shape index (κ2) is 8.01. The fourth-order valence-electron chi connectivity index (χ4n) is 3.89. The number of pyridine rings is 1. The van der Waals surface area contributed by atoms with Crippen LogP contribution in [0.25, 0.3) is 10.9 Å². The molecule has 0 aliphatic carbocycles. The van der Waals surface area contributed by atoms with Crippen LogP contribution >= 0.6 is 0 Å². The molecule has 8 heteroatoms. The molecule has 0 amide bonds. The Morgan fingerprint density at radius 2 is 1.97 bits per heavy atom. The van der Waals surface area contributed by atoms with E-state index in [0.717, 1.165) is 28.7 Å². The van der Waals surface area contributed by atoms with Gasteiger partial charge in [-0.05, 0) is 49.9 Å². The van der Waals surface area contributed by atoms with Gasteiger partial charge in [-0.3, -0.25) is 4.79 Å². The Kier molecular flexibility index (Phi) is 5.53. The molecule has 7 nitrogen and oxygen atoms in total. The average molecular weight is 442 g/mol. The number of nitrogens with zero attached hydrogens (tertiary/aromatic N) is 2. The zero-order valence-electron chi connectivity index (χ0n) is 18.2. The lowest BCUT2D eigenvalue weighted by Gasteiger charge is -2.29. The summed E-state index contributed by atoms with van der Waals surface area (Å²) >= 11 is 0. The molecule has 0 radical (unpaired) electrons. The number of ether oxygens (including phenoxy) is 1. The third kappa shape index (κ3) is 3.93. The predicted molar refractivity (Wildman–Crippen MR) is 122 cm³/mol. The van der Waals surface area contributed by atoms with Gasteiger partial charge >= 0.3 is 0 Å². The van der Waals surface area contributed by atoms with Gasteiger partial charge in [0.2, 0.25) is 10.0 Å². The molecule has 0 bridgehead atoms. The quantitative estimate of drug-likeness (QED) is 0.657. The summed E-state index contributed by atoms with van der Waals surface area (Å²) in [6, 6.07) is 12.1. The van der Waals surface area contributed by atoms with Crippen molar-refractivity contribution in [2.24, 2.45) is 0 Å². The summed E-state index contributed by atoms with van der Waals surface area (Å²) in [7, 11) is -1.90. The van der Waals surface area contributed by atoms with E-state index >= 15 is 0 Å². The van der Waals surface area contributed by atoms with Crippen LogP contribution in [0, 0.1) is 6.92 Å². The first-order chi connectivity index (χ1) is 14.7. The van der Waals surface area contributed by atoms with Crippen LogP contribution in [0.4, 0.5) is 5.69 Å². The van der Waals surface area contributed by atoms with Crippen molar-refractivity contribution in [3.05, 3.63) is 63.9 Å². The predicted octanol–water partition coefficient (Wildman–Crippen LogP) is 3.26. The molecule has 0 unspecified atom stereocenters. The monoisotopic (exact) mass is 441 g/mol. The van der Waals surface area contributed by atoms with Crippen molar-refractivity contribution in [1.29, 1.82) is 0 Å². The third-order valence-corrected chi connectivity index (χ3v) is 7.72. The maximum Gasteiger partial charge on any atom is 0.252 e. The van der Waals surface area contributed by atoms with Crippen LogP contribution in [0.5, 0.6) is 5.75 Å². The maximum absolute atomic E-state index is 13.5.